The van der Waals surface area contributed by atoms with Gasteiger partial charge in [0, 0.05) is 15.8 Å². The standard InChI is InChI=1S/C12H17Br2NO2S/c1-9(2)7-11(8-13)15-18(16,17)12-5-3-10(14)4-6-12/h3-6,9,11,15H,7-8H2,1-2H3. The average molecular weight is 399 g/mol. The molecule has 0 spiro atoms. The summed E-state index contributed by atoms with van der Waals surface area (Å²) in [5.74, 6) is 0.445. The second-order valence-corrected chi connectivity index (χ2v) is 7.83. The van der Waals surface area contributed by atoms with Gasteiger partial charge in [-0.05, 0) is 36.6 Å². The van der Waals surface area contributed by atoms with Crippen LogP contribution in [0.15, 0.2) is 33.6 Å². The lowest BCUT2D eigenvalue weighted by molar-refractivity contribution is 0.488. The van der Waals surface area contributed by atoms with Crippen molar-refractivity contribution in [2.45, 2.75) is 31.2 Å². The Balaban J connectivity index is 2.83. The summed E-state index contributed by atoms with van der Waals surface area (Å²) in [4.78, 5) is 0.292. The van der Waals surface area contributed by atoms with Gasteiger partial charge in [-0.2, -0.15) is 0 Å². The lowest BCUT2D eigenvalue weighted by Crippen LogP contribution is -2.36. The topological polar surface area (TPSA) is 46.2 Å². The third-order valence-corrected chi connectivity index (χ3v) is 5.23. The summed E-state index contributed by atoms with van der Waals surface area (Å²) in [7, 11) is -3.43. The van der Waals surface area contributed by atoms with Crippen LogP contribution in [-0.2, 0) is 10.0 Å². The molecule has 0 bridgehead atoms. The Morgan fingerprint density at radius 2 is 1.78 bits per heavy atom. The Kier molecular flexibility index (Phi) is 6.30. The fourth-order valence-corrected chi connectivity index (χ4v) is 3.77. The minimum absolute atomic E-state index is 0.0846. The van der Waals surface area contributed by atoms with Gasteiger partial charge < -0.3 is 0 Å². The van der Waals surface area contributed by atoms with Gasteiger partial charge in [0.1, 0.15) is 0 Å². The van der Waals surface area contributed by atoms with Crippen molar-refractivity contribution in [2.75, 3.05) is 5.33 Å². The second kappa shape index (κ2) is 7.03. The zero-order valence-electron chi connectivity index (χ0n) is 10.4. The number of halogens is 2. The molecule has 0 aliphatic heterocycles. The van der Waals surface area contributed by atoms with Crippen LogP contribution in [0.25, 0.3) is 0 Å². The predicted molar refractivity (Wildman–Crippen MR) is 81.5 cm³/mol. The first-order chi connectivity index (χ1) is 8.35. The van der Waals surface area contributed by atoms with Gasteiger partial charge >= 0.3 is 0 Å². The third-order valence-electron chi connectivity index (χ3n) is 2.39. The lowest BCUT2D eigenvalue weighted by atomic mass is 10.1. The highest BCUT2D eigenvalue weighted by atomic mass is 79.9. The molecule has 1 N–H and O–H groups in total. The maximum Gasteiger partial charge on any atom is 0.240 e. The van der Waals surface area contributed by atoms with Crippen LogP contribution in [0, 0.1) is 5.92 Å². The van der Waals surface area contributed by atoms with E-state index >= 15 is 0 Å². The van der Waals surface area contributed by atoms with E-state index in [4.69, 9.17) is 0 Å². The molecule has 0 aliphatic rings. The van der Waals surface area contributed by atoms with Crippen molar-refractivity contribution in [1.29, 1.82) is 0 Å². The van der Waals surface area contributed by atoms with Crippen LogP contribution in [0.4, 0.5) is 0 Å². The van der Waals surface area contributed by atoms with Crippen LogP contribution < -0.4 is 4.72 Å². The van der Waals surface area contributed by atoms with Gasteiger partial charge in [-0.1, -0.05) is 45.7 Å². The number of nitrogens with one attached hydrogen (secondary N) is 1. The summed E-state index contributed by atoms with van der Waals surface area (Å²) < 4.78 is 27.9. The first-order valence-corrected chi connectivity index (χ1v) is 9.08. The van der Waals surface area contributed by atoms with Crippen LogP contribution in [0.3, 0.4) is 0 Å². The van der Waals surface area contributed by atoms with E-state index in [9.17, 15) is 8.42 Å². The number of hydrogen-bond donors (Lipinski definition) is 1. The minimum atomic E-state index is -3.43. The number of hydrogen-bond acceptors (Lipinski definition) is 2. The molecule has 0 aliphatic carbocycles. The largest absolute Gasteiger partial charge is 0.240 e. The van der Waals surface area contributed by atoms with E-state index in [2.05, 4.69) is 50.4 Å². The Labute approximate surface area is 126 Å². The smallest absolute Gasteiger partial charge is 0.207 e. The maximum atomic E-state index is 12.1. The monoisotopic (exact) mass is 397 g/mol. The molecule has 1 aromatic rings. The fourth-order valence-electron chi connectivity index (χ4n) is 1.61. The predicted octanol–water partition coefficient (Wildman–Crippen LogP) is 3.54. The van der Waals surface area contributed by atoms with Crippen molar-refractivity contribution >= 4 is 41.9 Å². The zero-order valence-corrected chi connectivity index (χ0v) is 14.3. The number of alkyl halides is 1. The van der Waals surface area contributed by atoms with E-state index in [-0.39, 0.29) is 6.04 Å². The summed E-state index contributed by atoms with van der Waals surface area (Å²) in [5.41, 5.74) is 0. The van der Waals surface area contributed by atoms with Gasteiger partial charge in [0.15, 0.2) is 0 Å². The summed E-state index contributed by atoms with van der Waals surface area (Å²) in [5, 5.41) is 0.612. The van der Waals surface area contributed by atoms with Crippen molar-refractivity contribution in [3.8, 4) is 0 Å². The number of benzene rings is 1. The first-order valence-electron chi connectivity index (χ1n) is 5.69. The van der Waals surface area contributed by atoms with E-state index in [0.717, 1.165) is 10.9 Å². The van der Waals surface area contributed by atoms with E-state index in [1.54, 1.807) is 24.3 Å². The Morgan fingerprint density at radius 1 is 1.22 bits per heavy atom. The van der Waals surface area contributed by atoms with Gasteiger partial charge in [-0.25, -0.2) is 13.1 Å². The Hall–Kier alpha value is 0.0900. The highest BCUT2D eigenvalue weighted by molar-refractivity contribution is 9.10. The molecule has 1 unspecified atom stereocenters. The van der Waals surface area contributed by atoms with Gasteiger partial charge in [0.25, 0.3) is 0 Å². The van der Waals surface area contributed by atoms with Crippen molar-refractivity contribution < 1.29 is 8.42 Å². The molecule has 0 aromatic heterocycles. The van der Waals surface area contributed by atoms with E-state index in [1.165, 1.54) is 0 Å². The summed E-state index contributed by atoms with van der Waals surface area (Å²) >= 11 is 6.63. The first kappa shape index (κ1) is 16.1. The maximum absolute atomic E-state index is 12.1. The molecule has 0 radical (unpaired) electrons. The van der Waals surface area contributed by atoms with E-state index < -0.39 is 10.0 Å². The SMILES string of the molecule is CC(C)CC(CBr)NS(=O)(=O)c1ccc(Br)cc1. The van der Waals surface area contributed by atoms with Crippen molar-refractivity contribution in [3.05, 3.63) is 28.7 Å². The van der Waals surface area contributed by atoms with E-state index in [0.29, 0.717) is 16.1 Å². The molecule has 0 fully saturated rings. The van der Waals surface area contributed by atoms with Crippen LogP contribution in [-0.4, -0.2) is 19.8 Å². The molecule has 1 atom stereocenters. The number of sulfonamides is 1. The quantitative estimate of drug-likeness (QED) is 0.745. The second-order valence-electron chi connectivity index (χ2n) is 4.56. The highest BCUT2D eigenvalue weighted by Crippen LogP contribution is 2.16. The van der Waals surface area contributed by atoms with Gasteiger partial charge in [0.05, 0.1) is 4.90 Å². The minimum Gasteiger partial charge on any atom is -0.207 e. The van der Waals surface area contributed by atoms with Crippen LogP contribution in [0.1, 0.15) is 20.3 Å². The van der Waals surface area contributed by atoms with Gasteiger partial charge in [-0.3, -0.25) is 0 Å². The summed E-state index contributed by atoms with van der Waals surface area (Å²) in [6.45, 7) is 4.15. The normalized spacial score (nSPS) is 13.8. The molecule has 0 saturated carbocycles. The molecular weight excluding hydrogens is 382 g/mol. The molecule has 0 amide bonds. The van der Waals surface area contributed by atoms with E-state index in [1.807, 2.05) is 0 Å². The average Bonchev–Trinajstić information content (AvgIpc) is 2.27. The molecule has 6 heteroatoms. The molecule has 0 saturated heterocycles. The molecule has 1 rings (SSSR count). The Bertz CT molecular complexity index is 471. The Morgan fingerprint density at radius 3 is 2.22 bits per heavy atom. The van der Waals surface area contributed by atoms with Crippen molar-refractivity contribution in [1.82, 2.24) is 4.72 Å². The molecular formula is C12H17Br2NO2S. The third kappa shape index (κ3) is 4.99. The molecule has 3 nitrogen and oxygen atoms in total. The fraction of sp³-hybridized carbons (Fsp3) is 0.500. The molecule has 0 heterocycles. The van der Waals surface area contributed by atoms with Crippen LogP contribution in [0.2, 0.25) is 0 Å². The highest BCUT2D eigenvalue weighted by Gasteiger charge is 2.19. The molecule has 18 heavy (non-hydrogen) atoms. The van der Waals surface area contributed by atoms with Crippen LogP contribution >= 0.6 is 31.9 Å². The van der Waals surface area contributed by atoms with Crippen LogP contribution in [0.5, 0.6) is 0 Å². The van der Waals surface area contributed by atoms with Gasteiger partial charge in [0.2, 0.25) is 10.0 Å². The molecule has 1 aromatic carbocycles. The summed E-state index contributed by atoms with van der Waals surface area (Å²) in [6.07, 6.45) is 0.807. The van der Waals surface area contributed by atoms with Crippen molar-refractivity contribution in [3.63, 3.8) is 0 Å². The molecule has 102 valence electrons. The summed E-state index contributed by atoms with van der Waals surface area (Å²) in [6, 6.07) is 6.54. The van der Waals surface area contributed by atoms with Crippen molar-refractivity contribution in [2.24, 2.45) is 5.92 Å². The zero-order chi connectivity index (χ0) is 13.8. The van der Waals surface area contributed by atoms with Gasteiger partial charge in [-0.15, -0.1) is 0 Å². The number of rotatable bonds is 6. The lowest BCUT2D eigenvalue weighted by Gasteiger charge is -2.18.